The van der Waals surface area contributed by atoms with Crippen LogP contribution < -0.4 is 0 Å². The Morgan fingerprint density at radius 3 is 1.58 bits per heavy atom. The second kappa shape index (κ2) is 11.7. The summed E-state index contributed by atoms with van der Waals surface area (Å²) in [5.74, 6) is 0.706. The number of fused-ring (bicyclic) bond motifs is 4. The maximum Gasteiger partial charge on any atom is 0.160 e. The third-order valence-corrected chi connectivity index (χ3v) is 9.19. The fourth-order valence-electron chi connectivity index (χ4n) is 6.78. The van der Waals surface area contributed by atoms with E-state index in [2.05, 4.69) is 138 Å². The Balaban J connectivity index is 1.17. The van der Waals surface area contributed by atoms with Gasteiger partial charge in [0.05, 0.1) is 11.4 Å². The normalized spacial score (nSPS) is 11.3. The van der Waals surface area contributed by atoms with Gasteiger partial charge in [-0.2, -0.15) is 0 Å². The van der Waals surface area contributed by atoms with E-state index in [0.29, 0.717) is 5.82 Å². The predicted octanol–water partition coefficient (Wildman–Crippen LogP) is 11.7. The Bertz CT molecular complexity index is 2580. The molecular weight excluding hydrogens is 583 g/mol. The molecule has 0 unspecified atom stereocenters. The molecule has 0 atom stereocenters. The number of aromatic nitrogens is 3. The minimum absolute atomic E-state index is 0.706. The number of hydrogen-bond donors (Lipinski definition) is 0. The first-order valence-corrected chi connectivity index (χ1v) is 16.2. The highest BCUT2D eigenvalue weighted by Crippen LogP contribution is 2.40. The van der Waals surface area contributed by atoms with Gasteiger partial charge in [-0.05, 0) is 78.8 Å². The van der Waals surface area contributed by atoms with Gasteiger partial charge in [0.2, 0.25) is 0 Å². The van der Waals surface area contributed by atoms with Gasteiger partial charge < -0.3 is 0 Å². The van der Waals surface area contributed by atoms with Gasteiger partial charge in [0.1, 0.15) is 0 Å². The number of pyridine rings is 1. The first-order valence-electron chi connectivity index (χ1n) is 16.2. The lowest BCUT2D eigenvalue weighted by atomic mass is 9.89. The molecule has 0 fully saturated rings. The third kappa shape index (κ3) is 4.99. The molecule has 0 saturated carbocycles. The molecule has 224 valence electrons. The van der Waals surface area contributed by atoms with Crippen molar-refractivity contribution in [2.45, 2.75) is 0 Å². The van der Waals surface area contributed by atoms with Crippen molar-refractivity contribution in [3.8, 4) is 56.2 Å². The maximum atomic E-state index is 5.08. The molecule has 7 aromatic carbocycles. The maximum absolute atomic E-state index is 5.08. The van der Waals surface area contributed by atoms with E-state index in [9.17, 15) is 0 Å². The van der Waals surface area contributed by atoms with E-state index in [1.807, 2.05) is 42.7 Å². The van der Waals surface area contributed by atoms with E-state index in [-0.39, 0.29) is 0 Å². The van der Waals surface area contributed by atoms with Crippen molar-refractivity contribution in [2.75, 3.05) is 0 Å². The first-order chi connectivity index (χ1) is 23.8. The van der Waals surface area contributed by atoms with Crippen molar-refractivity contribution in [1.82, 2.24) is 15.0 Å². The van der Waals surface area contributed by atoms with E-state index in [0.717, 1.165) is 39.2 Å². The molecule has 0 aliphatic rings. The minimum atomic E-state index is 0.706. The van der Waals surface area contributed by atoms with Crippen molar-refractivity contribution in [2.24, 2.45) is 0 Å². The number of hydrogen-bond acceptors (Lipinski definition) is 3. The molecule has 0 N–H and O–H groups in total. The van der Waals surface area contributed by atoms with Gasteiger partial charge in [0.25, 0.3) is 0 Å². The monoisotopic (exact) mass is 611 g/mol. The van der Waals surface area contributed by atoms with Crippen LogP contribution in [0.3, 0.4) is 0 Å². The lowest BCUT2D eigenvalue weighted by Crippen LogP contribution is -1.96. The summed E-state index contributed by atoms with van der Waals surface area (Å²) in [6, 6.07) is 57.9. The molecule has 9 rings (SSSR count). The minimum Gasteiger partial charge on any atom is -0.265 e. The topological polar surface area (TPSA) is 38.7 Å². The Morgan fingerprint density at radius 1 is 0.312 bits per heavy atom. The molecule has 0 spiro atoms. The average Bonchev–Trinajstić information content (AvgIpc) is 3.17. The summed E-state index contributed by atoms with van der Waals surface area (Å²) in [5, 5.41) is 7.54. The Morgan fingerprint density at radius 2 is 0.875 bits per heavy atom. The van der Waals surface area contributed by atoms with Crippen LogP contribution in [0.2, 0.25) is 0 Å². The summed E-state index contributed by atoms with van der Waals surface area (Å²) in [7, 11) is 0. The van der Waals surface area contributed by atoms with Crippen LogP contribution in [0, 0.1) is 0 Å². The van der Waals surface area contributed by atoms with Gasteiger partial charge in [-0.1, -0.05) is 140 Å². The van der Waals surface area contributed by atoms with Crippen molar-refractivity contribution in [3.63, 3.8) is 0 Å². The SMILES string of the molecule is c1ccc(-c2nc(-c3ccc(-c4ccncc4)cc3)cc(-c3ccc(-c4c5ccccc5cc5c4ccc4ccccc45)cc3)n2)cc1. The van der Waals surface area contributed by atoms with Crippen LogP contribution in [0.25, 0.3) is 88.5 Å². The zero-order valence-corrected chi connectivity index (χ0v) is 26.1. The summed E-state index contributed by atoms with van der Waals surface area (Å²) < 4.78 is 0. The summed E-state index contributed by atoms with van der Waals surface area (Å²) >= 11 is 0. The van der Waals surface area contributed by atoms with E-state index in [1.54, 1.807) is 0 Å². The van der Waals surface area contributed by atoms with Gasteiger partial charge in [-0.15, -0.1) is 0 Å². The Labute approximate surface area is 278 Å². The van der Waals surface area contributed by atoms with Crippen LogP contribution in [0.4, 0.5) is 0 Å². The fraction of sp³-hybridized carbons (Fsp3) is 0. The zero-order chi connectivity index (χ0) is 31.9. The first kappa shape index (κ1) is 27.8. The molecule has 2 aromatic heterocycles. The largest absolute Gasteiger partial charge is 0.265 e. The molecule has 0 radical (unpaired) electrons. The van der Waals surface area contributed by atoms with Crippen molar-refractivity contribution < 1.29 is 0 Å². The molecule has 48 heavy (non-hydrogen) atoms. The smallest absolute Gasteiger partial charge is 0.160 e. The van der Waals surface area contributed by atoms with E-state index in [4.69, 9.17) is 9.97 Å². The molecule has 3 heteroatoms. The zero-order valence-electron chi connectivity index (χ0n) is 26.1. The molecule has 0 saturated heterocycles. The lowest BCUT2D eigenvalue weighted by molar-refractivity contribution is 1.18. The molecule has 0 aliphatic heterocycles. The fourth-order valence-corrected chi connectivity index (χ4v) is 6.78. The van der Waals surface area contributed by atoms with Crippen molar-refractivity contribution in [1.29, 1.82) is 0 Å². The summed E-state index contributed by atoms with van der Waals surface area (Å²) in [5.41, 5.74) is 9.56. The van der Waals surface area contributed by atoms with Crippen LogP contribution in [-0.4, -0.2) is 15.0 Å². The second-order valence-electron chi connectivity index (χ2n) is 12.1. The summed E-state index contributed by atoms with van der Waals surface area (Å²) in [6.45, 7) is 0. The van der Waals surface area contributed by atoms with Gasteiger partial charge >= 0.3 is 0 Å². The van der Waals surface area contributed by atoms with Crippen molar-refractivity contribution in [3.05, 3.63) is 176 Å². The molecule has 9 aromatic rings. The molecule has 0 bridgehead atoms. The predicted molar refractivity (Wildman–Crippen MR) is 200 cm³/mol. The molecule has 0 aliphatic carbocycles. The molecule has 0 amide bonds. The molecular formula is C45H29N3. The average molecular weight is 612 g/mol. The van der Waals surface area contributed by atoms with Gasteiger partial charge in [-0.3, -0.25) is 4.98 Å². The standard InChI is InChI=1S/C45H29N3/c1-2-9-36(10-3-1)45-47-42(33-16-14-30(15-17-33)31-24-26-46-27-25-31)29-43(48-45)34-18-20-35(21-19-34)44-39-13-7-5-11-37(39)28-41-38-12-6-4-8-32(38)22-23-40(41)44/h1-29H. The van der Waals surface area contributed by atoms with Crippen molar-refractivity contribution >= 4 is 32.3 Å². The van der Waals surface area contributed by atoms with Gasteiger partial charge in [-0.25, -0.2) is 9.97 Å². The molecule has 3 nitrogen and oxygen atoms in total. The number of rotatable bonds is 5. The van der Waals surface area contributed by atoms with Crippen LogP contribution in [-0.2, 0) is 0 Å². The Kier molecular flexibility index (Phi) is 6.80. The van der Waals surface area contributed by atoms with Gasteiger partial charge in [0, 0.05) is 29.1 Å². The molecule has 2 heterocycles. The quantitative estimate of drug-likeness (QED) is 0.144. The summed E-state index contributed by atoms with van der Waals surface area (Å²) in [6.07, 6.45) is 3.64. The highest BCUT2D eigenvalue weighted by atomic mass is 14.9. The van der Waals surface area contributed by atoms with Crippen LogP contribution in [0.1, 0.15) is 0 Å². The lowest BCUT2D eigenvalue weighted by Gasteiger charge is -2.15. The second-order valence-corrected chi connectivity index (χ2v) is 12.1. The Hall–Kier alpha value is -6.45. The summed E-state index contributed by atoms with van der Waals surface area (Å²) in [4.78, 5) is 14.3. The van der Waals surface area contributed by atoms with E-state index < -0.39 is 0 Å². The van der Waals surface area contributed by atoms with E-state index >= 15 is 0 Å². The van der Waals surface area contributed by atoms with Crippen LogP contribution >= 0.6 is 0 Å². The van der Waals surface area contributed by atoms with Crippen LogP contribution in [0.15, 0.2) is 176 Å². The number of benzene rings is 7. The highest BCUT2D eigenvalue weighted by molar-refractivity contribution is 6.20. The van der Waals surface area contributed by atoms with Crippen LogP contribution in [0.5, 0.6) is 0 Å². The highest BCUT2D eigenvalue weighted by Gasteiger charge is 2.14. The number of nitrogens with zero attached hydrogens (tertiary/aromatic N) is 3. The third-order valence-electron chi connectivity index (χ3n) is 9.19. The van der Waals surface area contributed by atoms with E-state index in [1.165, 1.54) is 43.4 Å². The van der Waals surface area contributed by atoms with Gasteiger partial charge in [0.15, 0.2) is 5.82 Å².